The Morgan fingerprint density at radius 1 is 0.900 bits per heavy atom. The van der Waals surface area contributed by atoms with E-state index in [0.717, 1.165) is 22.3 Å². The Hall–Kier alpha value is -3.15. The summed E-state index contributed by atoms with van der Waals surface area (Å²) in [6.45, 7) is 5.22. The molecule has 30 heavy (non-hydrogen) atoms. The number of hydrogen-bond acceptors (Lipinski definition) is 5. The number of fused-ring (bicyclic) bond motifs is 3. The third-order valence-corrected chi connectivity index (χ3v) is 4.97. The molecule has 1 unspecified atom stereocenters. The second kappa shape index (κ2) is 8.69. The highest BCUT2D eigenvalue weighted by Gasteiger charge is 2.31. The summed E-state index contributed by atoms with van der Waals surface area (Å²) in [4.78, 5) is 35.8. The molecule has 3 rings (SSSR count). The lowest BCUT2D eigenvalue weighted by atomic mass is 9.98. The van der Waals surface area contributed by atoms with Crippen molar-refractivity contribution in [1.82, 2.24) is 0 Å². The molecule has 2 aromatic rings. The van der Waals surface area contributed by atoms with Crippen molar-refractivity contribution in [3.8, 4) is 11.1 Å². The van der Waals surface area contributed by atoms with E-state index in [2.05, 4.69) is 0 Å². The molecule has 1 aliphatic rings. The number of hydrogen-bond donors (Lipinski definition) is 1. The molecule has 1 N–H and O–H groups in total. The van der Waals surface area contributed by atoms with E-state index < -0.39 is 29.4 Å². The first kappa shape index (κ1) is 21.6. The van der Waals surface area contributed by atoms with Gasteiger partial charge in [-0.1, -0.05) is 48.5 Å². The third-order valence-electron chi connectivity index (χ3n) is 4.97. The van der Waals surface area contributed by atoms with Crippen molar-refractivity contribution in [3.05, 3.63) is 59.7 Å². The number of esters is 2. The summed E-state index contributed by atoms with van der Waals surface area (Å²) < 4.78 is 10.6. The Labute approximate surface area is 175 Å². The maximum atomic E-state index is 12.4. The molecule has 0 saturated heterocycles. The van der Waals surface area contributed by atoms with Crippen molar-refractivity contribution in [2.75, 3.05) is 6.61 Å². The number of rotatable bonds is 7. The van der Waals surface area contributed by atoms with Crippen LogP contribution in [0, 0.1) is 5.92 Å². The number of carboxylic acids is 1. The summed E-state index contributed by atoms with van der Waals surface area (Å²) in [5, 5.41) is 9.39. The van der Waals surface area contributed by atoms with Crippen LogP contribution in [-0.4, -0.2) is 35.2 Å². The summed E-state index contributed by atoms with van der Waals surface area (Å²) in [5.74, 6) is -3.81. The predicted octanol–water partition coefficient (Wildman–Crippen LogP) is 4.16. The minimum atomic E-state index is -1.23. The summed E-state index contributed by atoms with van der Waals surface area (Å²) in [6.07, 6.45) is -0.763. The monoisotopic (exact) mass is 410 g/mol. The number of aliphatic carboxylic acids is 1. The van der Waals surface area contributed by atoms with Crippen molar-refractivity contribution in [3.63, 3.8) is 0 Å². The summed E-state index contributed by atoms with van der Waals surface area (Å²) in [6, 6.07) is 15.9. The molecule has 158 valence electrons. The highest BCUT2D eigenvalue weighted by molar-refractivity contribution is 5.84. The molecule has 0 aromatic heterocycles. The fourth-order valence-electron chi connectivity index (χ4n) is 3.71. The minimum absolute atomic E-state index is 0.101. The SMILES string of the molecule is CC(C)(C)OC(=O)CC(CC(=O)OCC1c2ccccc2-c2ccccc21)C(=O)O. The molecule has 6 nitrogen and oxygen atoms in total. The van der Waals surface area contributed by atoms with Gasteiger partial charge in [-0.25, -0.2) is 0 Å². The molecule has 1 aliphatic carbocycles. The van der Waals surface area contributed by atoms with Gasteiger partial charge in [0, 0.05) is 5.92 Å². The highest BCUT2D eigenvalue weighted by Crippen LogP contribution is 2.44. The van der Waals surface area contributed by atoms with Crippen LogP contribution in [0.2, 0.25) is 0 Å². The van der Waals surface area contributed by atoms with E-state index in [1.807, 2.05) is 48.5 Å². The third kappa shape index (κ3) is 5.06. The Morgan fingerprint density at radius 3 is 1.90 bits per heavy atom. The first-order valence-electron chi connectivity index (χ1n) is 9.94. The van der Waals surface area contributed by atoms with E-state index in [0.29, 0.717) is 0 Å². The van der Waals surface area contributed by atoms with E-state index in [9.17, 15) is 19.5 Å². The minimum Gasteiger partial charge on any atom is -0.481 e. The van der Waals surface area contributed by atoms with Crippen molar-refractivity contribution < 1.29 is 29.0 Å². The first-order chi connectivity index (χ1) is 14.2. The van der Waals surface area contributed by atoms with E-state index in [-0.39, 0.29) is 25.4 Å². The largest absolute Gasteiger partial charge is 0.481 e. The van der Waals surface area contributed by atoms with Crippen LogP contribution in [0.3, 0.4) is 0 Å². The maximum Gasteiger partial charge on any atom is 0.307 e. The van der Waals surface area contributed by atoms with E-state index in [4.69, 9.17) is 9.47 Å². The fourth-order valence-corrected chi connectivity index (χ4v) is 3.71. The van der Waals surface area contributed by atoms with Gasteiger partial charge in [-0.05, 0) is 43.0 Å². The van der Waals surface area contributed by atoms with Crippen LogP contribution < -0.4 is 0 Å². The van der Waals surface area contributed by atoms with Gasteiger partial charge in [0.05, 0.1) is 18.8 Å². The second-order valence-electron chi connectivity index (χ2n) is 8.44. The highest BCUT2D eigenvalue weighted by atomic mass is 16.6. The van der Waals surface area contributed by atoms with Gasteiger partial charge in [0.2, 0.25) is 0 Å². The Bertz CT molecular complexity index is 911. The zero-order valence-corrected chi connectivity index (χ0v) is 17.4. The molecule has 0 heterocycles. The molecular weight excluding hydrogens is 384 g/mol. The average molecular weight is 410 g/mol. The summed E-state index contributed by atoms with van der Waals surface area (Å²) in [5.41, 5.74) is 3.67. The van der Waals surface area contributed by atoms with Gasteiger partial charge in [-0.3, -0.25) is 14.4 Å². The van der Waals surface area contributed by atoms with Crippen molar-refractivity contribution in [1.29, 1.82) is 0 Å². The van der Waals surface area contributed by atoms with Crippen molar-refractivity contribution in [2.24, 2.45) is 5.92 Å². The van der Waals surface area contributed by atoms with Crippen LogP contribution in [0.15, 0.2) is 48.5 Å². The molecule has 0 saturated carbocycles. The van der Waals surface area contributed by atoms with Crippen LogP contribution >= 0.6 is 0 Å². The van der Waals surface area contributed by atoms with Gasteiger partial charge in [0.15, 0.2) is 0 Å². The van der Waals surface area contributed by atoms with E-state index in [1.54, 1.807) is 20.8 Å². The Balaban J connectivity index is 1.64. The van der Waals surface area contributed by atoms with Crippen molar-refractivity contribution >= 4 is 17.9 Å². The topological polar surface area (TPSA) is 89.9 Å². The van der Waals surface area contributed by atoms with E-state index >= 15 is 0 Å². The molecule has 0 bridgehead atoms. The van der Waals surface area contributed by atoms with Gasteiger partial charge >= 0.3 is 17.9 Å². The lowest BCUT2D eigenvalue weighted by molar-refractivity contribution is -0.161. The smallest absolute Gasteiger partial charge is 0.307 e. The standard InChI is InChI=1S/C24H26O6/c1-24(2,3)30-22(26)13-15(23(27)28)12-21(25)29-14-20-18-10-6-4-8-16(18)17-9-5-7-11-19(17)20/h4-11,15,20H,12-14H2,1-3H3,(H,27,28). The maximum absolute atomic E-state index is 12.4. The predicted molar refractivity (Wildman–Crippen MR) is 111 cm³/mol. The molecule has 1 atom stereocenters. The number of carboxylic acid groups (broad SMARTS) is 1. The van der Waals surface area contributed by atoms with Crippen LogP contribution in [0.4, 0.5) is 0 Å². The van der Waals surface area contributed by atoms with Gasteiger partial charge in [0.1, 0.15) is 12.2 Å². The Kier molecular flexibility index (Phi) is 6.25. The number of carbonyl (C=O) groups excluding carboxylic acids is 2. The molecule has 0 radical (unpaired) electrons. The van der Waals surface area contributed by atoms with Gasteiger partial charge in [0.25, 0.3) is 0 Å². The molecule has 0 amide bonds. The summed E-state index contributed by atoms with van der Waals surface area (Å²) in [7, 11) is 0. The van der Waals surface area contributed by atoms with Crippen LogP contribution in [0.1, 0.15) is 50.7 Å². The first-order valence-corrected chi connectivity index (χ1v) is 9.94. The number of benzene rings is 2. The van der Waals surface area contributed by atoms with Crippen LogP contribution in [0.5, 0.6) is 0 Å². The number of ether oxygens (including phenoxy) is 2. The molecular formula is C24H26O6. The van der Waals surface area contributed by atoms with Gasteiger partial charge in [-0.15, -0.1) is 0 Å². The molecule has 0 spiro atoms. The zero-order valence-electron chi connectivity index (χ0n) is 17.4. The van der Waals surface area contributed by atoms with Crippen LogP contribution in [0.25, 0.3) is 11.1 Å². The Morgan fingerprint density at radius 2 is 1.40 bits per heavy atom. The van der Waals surface area contributed by atoms with Gasteiger partial charge in [-0.2, -0.15) is 0 Å². The quantitative estimate of drug-likeness (QED) is 0.689. The molecule has 0 aliphatic heterocycles. The van der Waals surface area contributed by atoms with Gasteiger partial charge < -0.3 is 14.6 Å². The molecule has 6 heteroatoms. The fraction of sp³-hybridized carbons (Fsp3) is 0.375. The molecule has 0 fully saturated rings. The summed E-state index contributed by atoms with van der Waals surface area (Å²) >= 11 is 0. The lowest BCUT2D eigenvalue weighted by Crippen LogP contribution is -2.28. The zero-order chi connectivity index (χ0) is 21.9. The van der Waals surface area contributed by atoms with Crippen LogP contribution in [-0.2, 0) is 23.9 Å². The molecule has 2 aromatic carbocycles. The lowest BCUT2D eigenvalue weighted by Gasteiger charge is -2.21. The second-order valence-corrected chi connectivity index (χ2v) is 8.44. The normalized spacial score (nSPS) is 13.8. The van der Waals surface area contributed by atoms with Crippen molar-refractivity contribution in [2.45, 2.75) is 45.1 Å². The average Bonchev–Trinajstić information content (AvgIpc) is 2.98. The van der Waals surface area contributed by atoms with E-state index in [1.165, 1.54) is 0 Å². The number of carbonyl (C=O) groups is 3.